The van der Waals surface area contributed by atoms with Gasteiger partial charge in [-0.25, -0.2) is 4.39 Å². The van der Waals surface area contributed by atoms with Crippen molar-refractivity contribution < 1.29 is 13.9 Å². The van der Waals surface area contributed by atoms with Crippen LogP contribution in [0.4, 0.5) is 4.39 Å². The monoisotopic (exact) mass is 264 g/mol. The Kier molecular flexibility index (Phi) is 3.63. The second-order valence-corrected chi connectivity index (χ2v) is 4.11. The van der Waals surface area contributed by atoms with Crippen LogP contribution in [0, 0.1) is 5.82 Å². The van der Waals surface area contributed by atoms with Gasteiger partial charge in [0.15, 0.2) is 17.9 Å². The molecule has 0 fully saturated rings. The van der Waals surface area contributed by atoms with Crippen LogP contribution in [0.15, 0.2) is 36.4 Å². The maximum atomic E-state index is 13.6. The Hall–Kier alpha value is -1.87. The number of methoxy groups -OCH3 is 1. The molecule has 0 radical (unpaired) electrons. The van der Waals surface area contributed by atoms with Gasteiger partial charge in [0.1, 0.15) is 0 Å². The van der Waals surface area contributed by atoms with Gasteiger partial charge in [-0.15, -0.1) is 0 Å². The van der Waals surface area contributed by atoms with Crippen LogP contribution < -0.4 is 4.74 Å². The quantitative estimate of drug-likeness (QED) is 0.784. The molecule has 0 heterocycles. The number of rotatable bonds is 3. The van der Waals surface area contributed by atoms with Gasteiger partial charge in [-0.3, -0.25) is 4.79 Å². The average Bonchev–Trinajstić information content (AvgIpc) is 2.38. The first-order valence-electron chi connectivity index (χ1n) is 5.24. The molecule has 0 atom stereocenters. The minimum Gasteiger partial charge on any atom is -0.494 e. The summed E-state index contributed by atoms with van der Waals surface area (Å²) in [4.78, 5) is 10.7. The van der Waals surface area contributed by atoms with E-state index >= 15 is 0 Å². The summed E-state index contributed by atoms with van der Waals surface area (Å²) >= 11 is 5.93. The molecule has 0 unspecified atom stereocenters. The van der Waals surface area contributed by atoms with Crippen LogP contribution in [0.1, 0.15) is 10.4 Å². The van der Waals surface area contributed by atoms with Crippen LogP contribution in [0.3, 0.4) is 0 Å². The summed E-state index contributed by atoms with van der Waals surface area (Å²) in [5.74, 6) is -0.250. The smallest absolute Gasteiger partial charge is 0.165 e. The van der Waals surface area contributed by atoms with Gasteiger partial charge in [-0.1, -0.05) is 23.7 Å². The standard InChI is InChI=1S/C14H10ClFO2/c1-18-14-5-4-10(7-13(14)16)9-2-3-11(8-17)12(15)6-9/h2-8H,1H3. The Morgan fingerprint density at radius 3 is 2.39 bits per heavy atom. The molecule has 18 heavy (non-hydrogen) atoms. The van der Waals surface area contributed by atoms with Gasteiger partial charge < -0.3 is 4.74 Å². The van der Waals surface area contributed by atoms with E-state index in [-0.39, 0.29) is 5.75 Å². The van der Waals surface area contributed by atoms with Crippen LogP contribution in [0.5, 0.6) is 5.75 Å². The first-order chi connectivity index (χ1) is 8.65. The molecule has 0 saturated carbocycles. The number of benzene rings is 2. The maximum Gasteiger partial charge on any atom is 0.165 e. The molecule has 0 saturated heterocycles. The summed E-state index contributed by atoms with van der Waals surface area (Å²) in [5.41, 5.74) is 1.83. The Balaban J connectivity index is 2.45. The molecule has 0 aromatic heterocycles. The van der Waals surface area contributed by atoms with Crippen molar-refractivity contribution in [1.82, 2.24) is 0 Å². The van der Waals surface area contributed by atoms with Crippen molar-refractivity contribution in [1.29, 1.82) is 0 Å². The maximum absolute atomic E-state index is 13.6. The molecule has 0 aliphatic rings. The van der Waals surface area contributed by atoms with E-state index in [9.17, 15) is 9.18 Å². The van der Waals surface area contributed by atoms with E-state index in [1.165, 1.54) is 13.2 Å². The lowest BCUT2D eigenvalue weighted by molar-refractivity contribution is 0.112. The number of aldehydes is 1. The molecule has 4 heteroatoms. The zero-order valence-corrected chi connectivity index (χ0v) is 10.4. The van der Waals surface area contributed by atoms with Gasteiger partial charge >= 0.3 is 0 Å². The van der Waals surface area contributed by atoms with Crippen LogP contribution in [-0.4, -0.2) is 13.4 Å². The molecule has 2 aromatic rings. The van der Waals surface area contributed by atoms with Gasteiger partial charge in [0, 0.05) is 5.56 Å². The molecule has 0 aliphatic heterocycles. The second-order valence-electron chi connectivity index (χ2n) is 3.70. The fraction of sp³-hybridized carbons (Fsp3) is 0.0714. The molecular weight excluding hydrogens is 255 g/mol. The van der Waals surface area contributed by atoms with E-state index in [2.05, 4.69) is 0 Å². The van der Waals surface area contributed by atoms with Crippen LogP contribution in [-0.2, 0) is 0 Å². The highest BCUT2D eigenvalue weighted by molar-refractivity contribution is 6.33. The SMILES string of the molecule is COc1ccc(-c2ccc(C=O)c(Cl)c2)cc1F. The molecule has 0 aliphatic carbocycles. The summed E-state index contributed by atoms with van der Waals surface area (Å²) in [7, 11) is 1.41. The van der Waals surface area contributed by atoms with Crippen LogP contribution in [0.2, 0.25) is 5.02 Å². The highest BCUT2D eigenvalue weighted by Crippen LogP contribution is 2.28. The van der Waals surface area contributed by atoms with Gasteiger partial charge in [0.25, 0.3) is 0 Å². The van der Waals surface area contributed by atoms with Gasteiger partial charge in [0.2, 0.25) is 0 Å². The third kappa shape index (κ3) is 2.36. The predicted molar refractivity (Wildman–Crippen MR) is 68.8 cm³/mol. The van der Waals surface area contributed by atoms with Crippen molar-refractivity contribution in [3.8, 4) is 16.9 Å². The van der Waals surface area contributed by atoms with E-state index in [1.807, 2.05) is 0 Å². The highest BCUT2D eigenvalue weighted by Gasteiger charge is 2.07. The highest BCUT2D eigenvalue weighted by atomic mass is 35.5. The number of ether oxygens (including phenoxy) is 1. The van der Waals surface area contributed by atoms with Crippen LogP contribution >= 0.6 is 11.6 Å². The van der Waals surface area contributed by atoms with Crippen molar-refractivity contribution in [2.24, 2.45) is 0 Å². The van der Waals surface area contributed by atoms with E-state index in [4.69, 9.17) is 16.3 Å². The molecule has 92 valence electrons. The molecule has 2 aromatic carbocycles. The summed E-state index contributed by atoms with van der Waals surface area (Å²) < 4.78 is 18.4. The predicted octanol–water partition coefficient (Wildman–Crippen LogP) is 3.97. The van der Waals surface area contributed by atoms with E-state index in [1.54, 1.807) is 30.3 Å². The fourth-order valence-electron chi connectivity index (χ4n) is 1.65. The Bertz CT molecular complexity index is 596. The lowest BCUT2D eigenvalue weighted by Gasteiger charge is -2.06. The Morgan fingerprint density at radius 1 is 1.17 bits per heavy atom. The molecule has 0 amide bonds. The van der Waals surface area contributed by atoms with Crippen molar-refractivity contribution in [3.63, 3.8) is 0 Å². The van der Waals surface area contributed by atoms with Gasteiger partial charge in [-0.2, -0.15) is 0 Å². The van der Waals surface area contributed by atoms with Crippen LogP contribution in [0.25, 0.3) is 11.1 Å². The normalized spacial score (nSPS) is 10.2. The number of hydrogen-bond acceptors (Lipinski definition) is 2. The van der Waals surface area contributed by atoms with Crippen molar-refractivity contribution in [3.05, 3.63) is 52.8 Å². The third-order valence-corrected chi connectivity index (χ3v) is 2.94. The lowest BCUT2D eigenvalue weighted by Crippen LogP contribution is -1.89. The first-order valence-corrected chi connectivity index (χ1v) is 5.62. The zero-order valence-electron chi connectivity index (χ0n) is 9.61. The first kappa shape index (κ1) is 12.6. The van der Waals surface area contributed by atoms with E-state index in [0.29, 0.717) is 22.4 Å². The minimum atomic E-state index is -0.439. The zero-order chi connectivity index (χ0) is 13.1. The lowest BCUT2D eigenvalue weighted by atomic mass is 10.0. The van der Waals surface area contributed by atoms with Crippen molar-refractivity contribution in [2.45, 2.75) is 0 Å². The molecule has 0 bridgehead atoms. The molecular formula is C14H10ClFO2. The number of carbonyl (C=O) groups is 1. The molecule has 2 nitrogen and oxygen atoms in total. The summed E-state index contributed by atoms with van der Waals surface area (Å²) in [6.07, 6.45) is 0.681. The summed E-state index contributed by atoms with van der Waals surface area (Å²) in [5, 5.41) is 0.346. The molecule has 0 N–H and O–H groups in total. The second kappa shape index (κ2) is 5.19. The molecule has 0 spiro atoms. The topological polar surface area (TPSA) is 26.3 Å². The van der Waals surface area contributed by atoms with Crippen molar-refractivity contribution >= 4 is 17.9 Å². The minimum absolute atomic E-state index is 0.189. The summed E-state index contributed by atoms with van der Waals surface area (Å²) in [6.45, 7) is 0. The number of hydrogen-bond donors (Lipinski definition) is 0. The average molecular weight is 265 g/mol. The van der Waals surface area contributed by atoms with Crippen molar-refractivity contribution in [2.75, 3.05) is 7.11 Å². The third-order valence-electron chi connectivity index (χ3n) is 2.61. The van der Waals surface area contributed by atoms with E-state index in [0.717, 1.165) is 5.56 Å². The number of carbonyl (C=O) groups excluding carboxylic acids is 1. The Labute approximate surface area is 109 Å². The van der Waals surface area contributed by atoms with E-state index < -0.39 is 5.82 Å². The summed E-state index contributed by atoms with van der Waals surface area (Å²) in [6, 6.07) is 9.60. The Morgan fingerprint density at radius 2 is 1.83 bits per heavy atom. The number of halogens is 2. The molecule has 2 rings (SSSR count). The largest absolute Gasteiger partial charge is 0.494 e. The fourth-order valence-corrected chi connectivity index (χ4v) is 1.87. The van der Waals surface area contributed by atoms with Gasteiger partial charge in [-0.05, 0) is 35.4 Å². The van der Waals surface area contributed by atoms with Gasteiger partial charge in [0.05, 0.1) is 12.1 Å².